The molecule has 1 heterocycles. The average molecular weight is 248 g/mol. The van der Waals surface area contributed by atoms with E-state index in [2.05, 4.69) is 15.3 Å². The summed E-state index contributed by atoms with van der Waals surface area (Å²) in [5.41, 5.74) is 4.09. The van der Waals surface area contributed by atoms with Gasteiger partial charge < -0.3 is 0 Å². The Morgan fingerprint density at radius 2 is 2.18 bits per heavy atom. The molecule has 0 saturated carbocycles. The summed E-state index contributed by atoms with van der Waals surface area (Å²) in [4.78, 5) is 20.2. The van der Waals surface area contributed by atoms with Gasteiger partial charge in [-0.2, -0.15) is 0 Å². The first-order chi connectivity index (χ1) is 8.29. The lowest BCUT2D eigenvalue weighted by atomic mass is 10.2. The Morgan fingerprint density at radius 3 is 2.88 bits per heavy atom. The third kappa shape index (κ3) is 3.12. The minimum atomic E-state index is -0.197. The van der Waals surface area contributed by atoms with E-state index in [1.54, 1.807) is 0 Å². The first-order valence-electron chi connectivity index (χ1n) is 5.11. The van der Waals surface area contributed by atoms with Crippen LogP contribution in [0.4, 0.5) is 0 Å². The number of thiazole rings is 1. The van der Waals surface area contributed by atoms with E-state index in [0.717, 1.165) is 16.3 Å². The zero-order valence-corrected chi connectivity index (χ0v) is 10.2. The first kappa shape index (κ1) is 11.8. The third-order valence-electron chi connectivity index (χ3n) is 2.13. The van der Waals surface area contributed by atoms with Crippen molar-refractivity contribution in [1.82, 2.24) is 10.5 Å². The number of hydroxylamine groups is 1. The summed E-state index contributed by atoms with van der Waals surface area (Å²) in [6.07, 6.45) is 0.233. The summed E-state index contributed by atoms with van der Waals surface area (Å²) in [5.74, 6) is -0.197. The number of carbonyl (C=O) groups is 1. The Hall–Kier alpha value is -1.72. The molecular weight excluding hydrogens is 236 g/mol. The second kappa shape index (κ2) is 5.56. The van der Waals surface area contributed by atoms with Gasteiger partial charge in [-0.3, -0.25) is 9.63 Å². The minimum absolute atomic E-state index is 0.197. The van der Waals surface area contributed by atoms with Crippen molar-refractivity contribution in [2.24, 2.45) is 0 Å². The molecule has 17 heavy (non-hydrogen) atoms. The third-order valence-corrected chi connectivity index (χ3v) is 3.07. The summed E-state index contributed by atoms with van der Waals surface area (Å²) < 4.78 is 0. The Labute approximate surface area is 103 Å². The van der Waals surface area contributed by atoms with E-state index in [1.807, 2.05) is 35.7 Å². The predicted molar refractivity (Wildman–Crippen MR) is 66.4 cm³/mol. The molecule has 0 unspecified atom stereocenters. The monoisotopic (exact) mass is 248 g/mol. The van der Waals surface area contributed by atoms with Crippen LogP contribution >= 0.6 is 11.3 Å². The van der Waals surface area contributed by atoms with Crippen LogP contribution in [0.15, 0.2) is 35.7 Å². The van der Waals surface area contributed by atoms with Crippen molar-refractivity contribution in [3.05, 3.63) is 41.4 Å². The van der Waals surface area contributed by atoms with E-state index >= 15 is 0 Å². The second-order valence-corrected chi connectivity index (χ2v) is 4.27. The quantitative estimate of drug-likeness (QED) is 0.842. The molecule has 2 rings (SSSR count). The molecule has 88 valence electrons. The molecule has 0 fully saturated rings. The van der Waals surface area contributed by atoms with Gasteiger partial charge in [-0.15, -0.1) is 11.3 Å². The van der Waals surface area contributed by atoms with E-state index in [1.165, 1.54) is 18.4 Å². The molecule has 0 radical (unpaired) electrons. The number of rotatable bonds is 4. The topological polar surface area (TPSA) is 51.2 Å². The zero-order valence-electron chi connectivity index (χ0n) is 9.34. The van der Waals surface area contributed by atoms with Crippen LogP contribution in [-0.4, -0.2) is 18.0 Å². The average Bonchev–Trinajstić information content (AvgIpc) is 2.79. The molecular formula is C12H12N2O2S. The van der Waals surface area contributed by atoms with Crippen molar-refractivity contribution >= 4 is 17.2 Å². The molecule has 1 aromatic heterocycles. The van der Waals surface area contributed by atoms with Gasteiger partial charge in [0.2, 0.25) is 5.91 Å². The van der Waals surface area contributed by atoms with Crippen LogP contribution in [0.3, 0.4) is 0 Å². The highest BCUT2D eigenvalue weighted by Gasteiger charge is 2.08. The molecule has 1 amide bonds. The lowest BCUT2D eigenvalue weighted by molar-refractivity contribution is -0.130. The molecule has 0 aliphatic carbocycles. The maximum atomic E-state index is 11.3. The number of hydrogen-bond acceptors (Lipinski definition) is 4. The molecule has 4 nitrogen and oxygen atoms in total. The molecule has 5 heteroatoms. The standard InChI is InChI=1S/C12H12N2O2S/c1-16-14-11(15)7-10-8-17-12(13-10)9-5-3-2-4-6-9/h2-6,8H,7H2,1H3,(H,14,15). The van der Waals surface area contributed by atoms with Gasteiger partial charge in [0.05, 0.1) is 19.2 Å². The second-order valence-electron chi connectivity index (χ2n) is 3.42. The summed E-state index contributed by atoms with van der Waals surface area (Å²) in [6, 6.07) is 9.89. The van der Waals surface area contributed by atoms with Crippen LogP contribution < -0.4 is 5.48 Å². The van der Waals surface area contributed by atoms with Crippen LogP contribution in [0.25, 0.3) is 10.6 Å². The summed E-state index contributed by atoms with van der Waals surface area (Å²) in [5, 5.41) is 2.81. The lowest BCUT2D eigenvalue weighted by Crippen LogP contribution is -2.23. The molecule has 0 saturated heterocycles. The smallest absolute Gasteiger partial charge is 0.249 e. The molecule has 0 aliphatic rings. The Morgan fingerprint density at radius 1 is 1.41 bits per heavy atom. The molecule has 1 N–H and O–H groups in total. The highest BCUT2D eigenvalue weighted by atomic mass is 32.1. The number of hydrogen-bond donors (Lipinski definition) is 1. The summed E-state index contributed by atoms with van der Waals surface area (Å²) in [6.45, 7) is 0. The normalized spacial score (nSPS) is 10.2. The van der Waals surface area contributed by atoms with E-state index in [0.29, 0.717) is 0 Å². The number of benzene rings is 1. The SMILES string of the molecule is CONC(=O)Cc1csc(-c2ccccc2)n1. The van der Waals surface area contributed by atoms with Gasteiger partial charge >= 0.3 is 0 Å². The fraction of sp³-hybridized carbons (Fsp3) is 0.167. The number of amides is 1. The van der Waals surface area contributed by atoms with Crippen LogP contribution in [-0.2, 0) is 16.1 Å². The Kier molecular flexibility index (Phi) is 3.85. The van der Waals surface area contributed by atoms with Crippen molar-refractivity contribution < 1.29 is 9.63 Å². The van der Waals surface area contributed by atoms with Crippen molar-refractivity contribution in [3.8, 4) is 10.6 Å². The fourth-order valence-corrected chi connectivity index (χ4v) is 2.24. The summed E-state index contributed by atoms with van der Waals surface area (Å²) in [7, 11) is 1.41. The number of carbonyl (C=O) groups excluding carboxylic acids is 1. The number of nitrogens with zero attached hydrogens (tertiary/aromatic N) is 1. The van der Waals surface area contributed by atoms with Crippen molar-refractivity contribution in [1.29, 1.82) is 0 Å². The maximum absolute atomic E-state index is 11.3. The molecule has 0 bridgehead atoms. The van der Waals surface area contributed by atoms with Gasteiger partial charge in [-0.1, -0.05) is 30.3 Å². The maximum Gasteiger partial charge on any atom is 0.249 e. The number of aromatic nitrogens is 1. The minimum Gasteiger partial charge on any atom is -0.277 e. The van der Waals surface area contributed by atoms with Crippen molar-refractivity contribution in [3.63, 3.8) is 0 Å². The molecule has 0 atom stereocenters. The van der Waals surface area contributed by atoms with E-state index in [4.69, 9.17) is 0 Å². The van der Waals surface area contributed by atoms with Crippen LogP contribution in [0.5, 0.6) is 0 Å². The van der Waals surface area contributed by atoms with Crippen LogP contribution in [0.2, 0.25) is 0 Å². The van der Waals surface area contributed by atoms with E-state index < -0.39 is 0 Å². The molecule has 1 aromatic carbocycles. The van der Waals surface area contributed by atoms with Crippen LogP contribution in [0.1, 0.15) is 5.69 Å². The van der Waals surface area contributed by atoms with E-state index in [9.17, 15) is 4.79 Å². The van der Waals surface area contributed by atoms with Gasteiger partial charge in [0.15, 0.2) is 0 Å². The fourth-order valence-electron chi connectivity index (χ4n) is 1.42. The molecule has 0 aliphatic heterocycles. The zero-order chi connectivity index (χ0) is 12.1. The first-order valence-corrected chi connectivity index (χ1v) is 5.99. The van der Waals surface area contributed by atoms with Crippen LogP contribution in [0, 0.1) is 0 Å². The molecule has 2 aromatic rings. The van der Waals surface area contributed by atoms with E-state index in [-0.39, 0.29) is 12.3 Å². The van der Waals surface area contributed by atoms with Gasteiger partial charge in [0.25, 0.3) is 0 Å². The predicted octanol–water partition coefficient (Wildman–Crippen LogP) is 2.03. The summed E-state index contributed by atoms with van der Waals surface area (Å²) >= 11 is 1.53. The van der Waals surface area contributed by atoms with Crippen molar-refractivity contribution in [2.75, 3.05) is 7.11 Å². The largest absolute Gasteiger partial charge is 0.277 e. The Balaban J connectivity index is 2.09. The highest BCUT2D eigenvalue weighted by molar-refractivity contribution is 7.13. The highest BCUT2D eigenvalue weighted by Crippen LogP contribution is 2.23. The van der Waals surface area contributed by atoms with Crippen molar-refractivity contribution in [2.45, 2.75) is 6.42 Å². The molecule has 0 spiro atoms. The number of nitrogens with one attached hydrogen (secondary N) is 1. The Bertz CT molecular complexity index is 496. The van der Waals surface area contributed by atoms with Gasteiger partial charge in [0, 0.05) is 10.9 Å². The van der Waals surface area contributed by atoms with Gasteiger partial charge in [0.1, 0.15) is 5.01 Å². The van der Waals surface area contributed by atoms with Gasteiger partial charge in [-0.05, 0) is 0 Å². The lowest BCUT2D eigenvalue weighted by Gasteiger charge is -1.98. The van der Waals surface area contributed by atoms with Gasteiger partial charge in [-0.25, -0.2) is 10.5 Å².